The van der Waals surface area contributed by atoms with Crippen LogP contribution in [0.2, 0.25) is 0 Å². The lowest BCUT2D eigenvalue weighted by Crippen LogP contribution is -2.31. The zero-order chi connectivity index (χ0) is 18.2. The smallest absolute Gasteiger partial charge is 0.266 e. The Hall–Kier alpha value is -3.20. The zero-order valence-corrected chi connectivity index (χ0v) is 14.1. The van der Waals surface area contributed by atoms with Gasteiger partial charge in [-0.3, -0.25) is 15.5 Å². The molecule has 0 aliphatic rings. The molecule has 0 aliphatic heterocycles. The van der Waals surface area contributed by atoms with Crippen LogP contribution in [-0.4, -0.2) is 23.4 Å². The maximum atomic E-state index is 11.7. The van der Waals surface area contributed by atoms with Gasteiger partial charge in [-0.05, 0) is 23.8 Å². The van der Waals surface area contributed by atoms with E-state index in [1.54, 1.807) is 0 Å². The van der Waals surface area contributed by atoms with Crippen molar-refractivity contribution in [3.05, 3.63) is 63.7 Å². The molecule has 0 bridgehead atoms. The maximum absolute atomic E-state index is 11.7. The number of benzene rings is 2. The summed E-state index contributed by atoms with van der Waals surface area (Å²) >= 11 is 5.09. The van der Waals surface area contributed by atoms with E-state index in [2.05, 4.69) is 15.8 Å². The van der Waals surface area contributed by atoms with Gasteiger partial charge in [0.05, 0.1) is 18.2 Å². The van der Waals surface area contributed by atoms with Crippen molar-refractivity contribution < 1.29 is 14.8 Å². The van der Waals surface area contributed by atoms with E-state index in [1.165, 1.54) is 19.4 Å². The van der Waals surface area contributed by atoms with Gasteiger partial charge in [0.1, 0.15) is 5.75 Å². The van der Waals surface area contributed by atoms with Crippen molar-refractivity contribution in [2.45, 2.75) is 6.54 Å². The minimum atomic E-state index is -0.780. The van der Waals surface area contributed by atoms with Crippen molar-refractivity contribution >= 4 is 29.2 Å². The lowest BCUT2D eigenvalue weighted by molar-refractivity contribution is -0.398. The molecule has 2 N–H and O–H groups in total. The number of hydrazone groups is 1. The molecule has 130 valence electrons. The fourth-order valence-electron chi connectivity index (χ4n) is 1.95. The molecule has 0 aliphatic carbocycles. The van der Waals surface area contributed by atoms with Crippen molar-refractivity contribution in [1.82, 2.24) is 10.7 Å². The Bertz CT molecular complexity index is 796. The molecule has 0 fully saturated rings. The standard InChI is InChI=1S/C16H16N4O4S/c1-24-14-8-12(7-13(15(14)21)20(22)23)10-18-19-16(25)17-9-11-5-3-2-4-6-11/h2-8,10,21H,9H2,1H3,(H2,17,19,25)/p-1/b18-10-. The van der Waals surface area contributed by atoms with Crippen LogP contribution in [0.15, 0.2) is 47.6 Å². The molecular weight excluding hydrogens is 344 g/mol. The molecule has 2 aromatic rings. The Labute approximate surface area is 149 Å². The highest BCUT2D eigenvalue weighted by atomic mass is 32.1. The number of nitrogens with zero attached hydrogens (tertiary/aromatic N) is 2. The van der Waals surface area contributed by atoms with Gasteiger partial charge in [-0.15, -0.1) is 0 Å². The normalized spacial score (nSPS) is 10.4. The van der Waals surface area contributed by atoms with Gasteiger partial charge in [0, 0.05) is 23.9 Å². The van der Waals surface area contributed by atoms with Gasteiger partial charge in [0.2, 0.25) is 0 Å². The molecule has 0 spiro atoms. The minimum Gasteiger partial charge on any atom is -0.865 e. The number of nitro benzene ring substituents is 1. The molecule has 0 atom stereocenters. The van der Waals surface area contributed by atoms with Crippen molar-refractivity contribution in [3.63, 3.8) is 0 Å². The third-order valence-electron chi connectivity index (χ3n) is 3.15. The Balaban J connectivity index is 1.98. The molecule has 25 heavy (non-hydrogen) atoms. The maximum Gasteiger partial charge on any atom is 0.266 e. The van der Waals surface area contributed by atoms with Gasteiger partial charge in [0.15, 0.2) is 5.11 Å². The second-order valence-electron chi connectivity index (χ2n) is 4.87. The topological polar surface area (TPSA) is 112 Å². The number of hydrogen-bond acceptors (Lipinski definition) is 6. The van der Waals surface area contributed by atoms with Crippen LogP contribution in [0.25, 0.3) is 0 Å². The second kappa shape index (κ2) is 8.60. The predicted octanol–water partition coefficient (Wildman–Crippen LogP) is 1.68. The zero-order valence-electron chi connectivity index (χ0n) is 13.3. The highest BCUT2D eigenvalue weighted by Gasteiger charge is 2.12. The molecular formula is C16H15N4O4S-. The van der Waals surface area contributed by atoms with Crippen molar-refractivity contribution in [2.24, 2.45) is 5.10 Å². The van der Waals surface area contributed by atoms with Crippen molar-refractivity contribution in [2.75, 3.05) is 7.11 Å². The molecule has 0 radical (unpaired) electrons. The molecule has 8 nitrogen and oxygen atoms in total. The first-order chi connectivity index (χ1) is 12.0. The quantitative estimate of drug-likeness (QED) is 0.349. The molecule has 9 heteroatoms. The van der Waals surface area contributed by atoms with E-state index in [1.807, 2.05) is 30.3 Å². The van der Waals surface area contributed by atoms with Crippen LogP contribution in [0, 0.1) is 10.1 Å². The summed E-state index contributed by atoms with van der Waals surface area (Å²) in [6.45, 7) is 0.534. The first-order valence-electron chi connectivity index (χ1n) is 7.15. The summed E-state index contributed by atoms with van der Waals surface area (Å²) in [5.41, 5.74) is 3.42. The molecule has 0 amide bonds. The van der Waals surface area contributed by atoms with E-state index in [0.29, 0.717) is 17.2 Å². The molecule has 2 aromatic carbocycles. The lowest BCUT2D eigenvalue weighted by Gasteiger charge is -2.13. The van der Waals surface area contributed by atoms with Gasteiger partial charge in [-0.2, -0.15) is 5.10 Å². The van der Waals surface area contributed by atoms with Gasteiger partial charge in [0.25, 0.3) is 5.69 Å². The van der Waals surface area contributed by atoms with Gasteiger partial charge >= 0.3 is 0 Å². The summed E-state index contributed by atoms with van der Waals surface area (Å²) in [6, 6.07) is 12.2. The third-order valence-corrected chi connectivity index (χ3v) is 3.39. The summed E-state index contributed by atoms with van der Waals surface area (Å²) in [5.74, 6) is -0.905. The van der Waals surface area contributed by atoms with E-state index in [0.717, 1.165) is 11.6 Å². The molecule has 0 saturated carbocycles. The average Bonchev–Trinajstić information content (AvgIpc) is 2.61. The molecule has 0 unspecified atom stereocenters. The van der Waals surface area contributed by atoms with Crippen molar-refractivity contribution in [1.29, 1.82) is 0 Å². The van der Waals surface area contributed by atoms with Crippen LogP contribution in [0.1, 0.15) is 11.1 Å². The van der Waals surface area contributed by atoms with Crippen LogP contribution in [-0.2, 0) is 6.54 Å². The first-order valence-corrected chi connectivity index (χ1v) is 7.56. The van der Waals surface area contributed by atoms with E-state index in [-0.39, 0.29) is 5.75 Å². The Morgan fingerprint density at radius 1 is 1.36 bits per heavy atom. The molecule has 2 rings (SSSR count). The van der Waals surface area contributed by atoms with Gasteiger partial charge < -0.3 is 15.2 Å². The SMILES string of the molecule is COc1cc(/C=N\NC(=S)NCc2ccccc2)cc([N+](=O)[O-])c1[O-]. The average molecular weight is 359 g/mol. The van der Waals surface area contributed by atoms with Gasteiger partial charge in [-0.25, -0.2) is 0 Å². The fraction of sp³-hybridized carbons (Fsp3) is 0.125. The lowest BCUT2D eigenvalue weighted by atomic mass is 10.2. The van der Waals surface area contributed by atoms with E-state index >= 15 is 0 Å². The Morgan fingerprint density at radius 2 is 2.08 bits per heavy atom. The van der Waals surface area contributed by atoms with Crippen LogP contribution in [0.3, 0.4) is 0 Å². The highest BCUT2D eigenvalue weighted by molar-refractivity contribution is 7.80. The number of hydrogen-bond donors (Lipinski definition) is 2. The van der Waals surface area contributed by atoms with E-state index in [9.17, 15) is 15.2 Å². The van der Waals surface area contributed by atoms with Gasteiger partial charge in [-0.1, -0.05) is 30.3 Å². The predicted molar refractivity (Wildman–Crippen MR) is 95.7 cm³/mol. The number of ether oxygens (including phenoxy) is 1. The van der Waals surface area contributed by atoms with Crippen LogP contribution >= 0.6 is 12.2 Å². The Morgan fingerprint density at radius 3 is 2.72 bits per heavy atom. The number of thiocarbonyl (C=S) groups is 1. The molecule has 0 heterocycles. The van der Waals surface area contributed by atoms with Crippen LogP contribution in [0.4, 0.5) is 5.69 Å². The highest BCUT2D eigenvalue weighted by Crippen LogP contribution is 2.33. The third kappa shape index (κ3) is 5.15. The second-order valence-corrected chi connectivity index (χ2v) is 5.28. The largest absolute Gasteiger partial charge is 0.865 e. The Kier molecular flexibility index (Phi) is 6.24. The molecule has 0 aromatic heterocycles. The fourth-order valence-corrected chi connectivity index (χ4v) is 2.08. The summed E-state index contributed by atoms with van der Waals surface area (Å²) in [4.78, 5) is 10.1. The summed E-state index contributed by atoms with van der Waals surface area (Å²) < 4.78 is 4.85. The first kappa shape index (κ1) is 18.1. The number of methoxy groups -OCH3 is 1. The van der Waals surface area contributed by atoms with E-state index < -0.39 is 16.4 Å². The molecule has 0 saturated heterocycles. The van der Waals surface area contributed by atoms with Crippen LogP contribution in [0.5, 0.6) is 11.5 Å². The minimum absolute atomic E-state index is 0.125. The summed E-state index contributed by atoms with van der Waals surface area (Å²) in [5, 5.41) is 29.8. The number of rotatable bonds is 6. The van der Waals surface area contributed by atoms with E-state index in [4.69, 9.17) is 17.0 Å². The number of nitrogens with one attached hydrogen (secondary N) is 2. The number of nitro groups is 1. The monoisotopic (exact) mass is 359 g/mol. The van der Waals surface area contributed by atoms with Crippen molar-refractivity contribution in [3.8, 4) is 11.5 Å². The summed E-state index contributed by atoms with van der Waals surface area (Å²) in [6.07, 6.45) is 1.31. The summed E-state index contributed by atoms with van der Waals surface area (Å²) in [7, 11) is 1.27. The van der Waals surface area contributed by atoms with Crippen LogP contribution < -0.4 is 20.6 Å².